The number of benzene rings is 2. The second kappa shape index (κ2) is 8.02. The van der Waals surface area contributed by atoms with Gasteiger partial charge in [-0.3, -0.25) is 14.4 Å². The maximum atomic E-state index is 14.0. The number of ether oxygens (including phenoxy) is 2. The molecule has 37 heavy (non-hydrogen) atoms. The Morgan fingerprint density at radius 2 is 1.70 bits per heavy atom. The van der Waals surface area contributed by atoms with Gasteiger partial charge in [-0.25, -0.2) is 0 Å². The van der Waals surface area contributed by atoms with Crippen LogP contribution < -0.4 is 4.74 Å². The first kappa shape index (κ1) is 24.4. The zero-order chi connectivity index (χ0) is 26.2. The normalized spacial score (nSPS) is 38.2. The number of hydrogen-bond acceptors (Lipinski definition) is 5. The van der Waals surface area contributed by atoms with Gasteiger partial charge in [0, 0.05) is 16.2 Å². The second-order valence-corrected chi connectivity index (χ2v) is 12.9. The third-order valence-electron chi connectivity index (χ3n) is 11.0. The molecule has 0 radical (unpaired) electrons. The molecule has 0 N–H and O–H groups in total. The molecule has 2 aromatic rings. The van der Waals surface area contributed by atoms with E-state index in [2.05, 4.69) is 33.8 Å². The van der Waals surface area contributed by atoms with Gasteiger partial charge in [0.2, 0.25) is 0 Å². The van der Waals surface area contributed by atoms with Crippen LogP contribution in [0, 0.1) is 39.4 Å². The summed E-state index contributed by atoms with van der Waals surface area (Å²) in [6.07, 6.45) is 7.14. The van der Waals surface area contributed by atoms with Crippen molar-refractivity contribution in [2.75, 3.05) is 6.61 Å². The average molecular weight is 501 g/mol. The number of hydrogen-bond donors (Lipinski definition) is 0. The largest absolute Gasteiger partial charge is 0.465 e. The summed E-state index contributed by atoms with van der Waals surface area (Å²) in [6, 6.07) is 13.6. The lowest BCUT2D eigenvalue weighted by atomic mass is 9.35. The summed E-state index contributed by atoms with van der Waals surface area (Å²) in [6.45, 7) is 9.03. The minimum Gasteiger partial charge on any atom is -0.465 e. The molecule has 0 bridgehead atoms. The molecule has 1 spiro atoms. The van der Waals surface area contributed by atoms with Gasteiger partial charge in [-0.15, -0.1) is 0 Å². The summed E-state index contributed by atoms with van der Waals surface area (Å²) >= 11 is 0. The van der Waals surface area contributed by atoms with Crippen molar-refractivity contribution in [3.63, 3.8) is 0 Å². The van der Waals surface area contributed by atoms with E-state index in [1.54, 1.807) is 6.08 Å². The van der Waals surface area contributed by atoms with Crippen LogP contribution in [-0.4, -0.2) is 24.3 Å². The molecule has 6 atom stereocenters. The standard InChI is InChI=1S/C32H36O5/c1-29(2)16-15-26(33)31(4)24(29)14-17-30(3)25(31)13-12-22(32(30)18-27(34)36-19-32)28(35)37-23-11-7-9-20-8-5-6-10-21(20)23/h5-11,15-16,22,24-25H,12-14,17-19H2,1-4H3/t22-,24?,25+,30-,31+,32+/m1/s1. The number of fused-ring (bicyclic) bond motifs is 5. The van der Waals surface area contributed by atoms with Gasteiger partial charge >= 0.3 is 11.9 Å². The number of carbonyl (C=O) groups is 3. The number of allylic oxidation sites excluding steroid dienone is 2. The lowest BCUT2D eigenvalue weighted by Gasteiger charge is -2.66. The van der Waals surface area contributed by atoms with E-state index in [0.29, 0.717) is 12.2 Å². The Morgan fingerprint density at radius 3 is 2.46 bits per heavy atom. The minimum atomic E-state index is -0.686. The van der Waals surface area contributed by atoms with E-state index in [1.807, 2.05) is 42.5 Å². The Kier molecular flexibility index (Phi) is 5.29. The summed E-state index contributed by atoms with van der Waals surface area (Å²) in [7, 11) is 0. The fourth-order valence-electron chi connectivity index (χ4n) is 9.09. The third-order valence-corrected chi connectivity index (χ3v) is 11.0. The van der Waals surface area contributed by atoms with Crippen LogP contribution in [0.25, 0.3) is 10.8 Å². The first-order chi connectivity index (χ1) is 17.5. The highest BCUT2D eigenvalue weighted by Gasteiger charge is 2.71. The van der Waals surface area contributed by atoms with Gasteiger partial charge in [0.1, 0.15) is 5.75 Å². The van der Waals surface area contributed by atoms with Crippen molar-refractivity contribution >= 4 is 28.5 Å². The number of carbonyl (C=O) groups excluding carboxylic acids is 3. The van der Waals surface area contributed by atoms with Crippen molar-refractivity contribution in [1.29, 1.82) is 0 Å². The minimum absolute atomic E-state index is 0.0616. The molecule has 0 aromatic heterocycles. The Morgan fingerprint density at radius 1 is 0.946 bits per heavy atom. The van der Waals surface area contributed by atoms with Crippen LogP contribution in [0.5, 0.6) is 5.75 Å². The highest BCUT2D eigenvalue weighted by Crippen LogP contribution is 2.72. The summed E-state index contributed by atoms with van der Waals surface area (Å²) in [5, 5.41) is 1.90. The highest BCUT2D eigenvalue weighted by atomic mass is 16.5. The van der Waals surface area contributed by atoms with Gasteiger partial charge in [-0.05, 0) is 65.9 Å². The molecule has 5 nitrogen and oxygen atoms in total. The zero-order valence-corrected chi connectivity index (χ0v) is 22.2. The Labute approximate surface area is 218 Å². The fourth-order valence-corrected chi connectivity index (χ4v) is 9.09. The predicted octanol–water partition coefficient (Wildman–Crippen LogP) is 6.29. The van der Waals surface area contributed by atoms with Crippen LogP contribution in [0.4, 0.5) is 0 Å². The maximum Gasteiger partial charge on any atom is 0.315 e. The van der Waals surface area contributed by atoms with Gasteiger partial charge in [0.05, 0.1) is 18.9 Å². The first-order valence-electron chi connectivity index (χ1n) is 13.6. The quantitative estimate of drug-likeness (QED) is 0.358. The van der Waals surface area contributed by atoms with Gasteiger partial charge in [0.25, 0.3) is 0 Å². The van der Waals surface area contributed by atoms with Crippen molar-refractivity contribution in [3.05, 3.63) is 54.6 Å². The van der Waals surface area contributed by atoms with Gasteiger partial charge in [-0.2, -0.15) is 0 Å². The Hall–Kier alpha value is -2.95. The van der Waals surface area contributed by atoms with E-state index in [0.717, 1.165) is 30.0 Å². The van der Waals surface area contributed by atoms with Crippen LogP contribution in [0.3, 0.4) is 0 Å². The molecule has 2 aromatic carbocycles. The predicted molar refractivity (Wildman–Crippen MR) is 141 cm³/mol. The monoisotopic (exact) mass is 500 g/mol. The van der Waals surface area contributed by atoms with Crippen LogP contribution in [-0.2, 0) is 19.1 Å². The van der Waals surface area contributed by atoms with E-state index < -0.39 is 22.2 Å². The van der Waals surface area contributed by atoms with Crippen LogP contribution >= 0.6 is 0 Å². The highest BCUT2D eigenvalue weighted by molar-refractivity contribution is 5.97. The maximum absolute atomic E-state index is 14.0. The van der Waals surface area contributed by atoms with Crippen molar-refractivity contribution in [3.8, 4) is 5.75 Å². The fraction of sp³-hybridized carbons (Fsp3) is 0.531. The molecule has 2 saturated carbocycles. The molecule has 194 valence electrons. The summed E-state index contributed by atoms with van der Waals surface area (Å²) in [5.41, 5.74) is -1.70. The van der Waals surface area contributed by atoms with Crippen molar-refractivity contribution in [2.24, 2.45) is 39.4 Å². The zero-order valence-electron chi connectivity index (χ0n) is 22.2. The molecule has 1 heterocycles. The number of esters is 2. The smallest absolute Gasteiger partial charge is 0.315 e. The van der Waals surface area contributed by atoms with Crippen LogP contribution in [0.15, 0.2) is 54.6 Å². The molecule has 0 amide bonds. The Balaban J connectivity index is 1.40. The average Bonchev–Trinajstić information content (AvgIpc) is 3.25. The van der Waals surface area contributed by atoms with E-state index in [-0.39, 0.29) is 48.0 Å². The molecule has 3 aliphatic carbocycles. The molecule has 6 rings (SSSR count). The molecule has 1 unspecified atom stereocenters. The topological polar surface area (TPSA) is 69.7 Å². The molecular formula is C32H36O5. The molecular weight excluding hydrogens is 464 g/mol. The van der Waals surface area contributed by atoms with E-state index in [9.17, 15) is 14.4 Å². The Bertz CT molecular complexity index is 1330. The van der Waals surface area contributed by atoms with Crippen LogP contribution in [0.1, 0.15) is 59.8 Å². The second-order valence-electron chi connectivity index (χ2n) is 12.9. The van der Waals surface area contributed by atoms with Crippen molar-refractivity contribution < 1.29 is 23.9 Å². The first-order valence-corrected chi connectivity index (χ1v) is 13.6. The number of ketones is 1. The molecule has 5 heteroatoms. The lowest BCUT2D eigenvalue weighted by molar-refractivity contribution is -0.202. The lowest BCUT2D eigenvalue weighted by Crippen LogP contribution is -2.66. The van der Waals surface area contributed by atoms with E-state index in [4.69, 9.17) is 9.47 Å². The molecule has 1 aliphatic heterocycles. The van der Waals surface area contributed by atoms with Gasteiger partial charge in [0.15, 0.2) is 5.78 Å². The summed E-state index contributed by atoms with van der Waals surface area (Å²) in [4.78, 5) is 40.3. The summed E-state index contributed by atoms with van der Waals surface area (Å²) < 4.78 is 11.8. The van der Waals surface area contributed by atoms with Gasteiger partial charge < -0.3 is 9.47 Å². The molecule has 4 aliphatic rings. The van der Waals surface area contributed by atoms with E-state index in [1.165, 1.54) is 0 Å². The third kappa shape index (κ3) is 3.25. The number of rotatable bonds is 2. The van der Waals surface area contributed by atoms with Crippen molar-refractivity contribution in [1.82, 2.24) is 0 Å². The van der Waals surface area contributed by atoms with E-state index >= 15 is 0 Å². The molecule has 1 saturated heterocycles. The van der Waals surface area contributed by atoms with Crippen molar-refractivity contribution in [2.45, 2.75) is 59.8 Å². The number of cyclic esters (lactones) is 1. The van der Waals surface area contributed by atoms with Gasteiger partial charge in [-0.1, -0.05) is 70.2 Å². The SMILES string of the molecule is CC1(C)C=CC(=O)[C@@]2(C)C1CC[C@]1(C)[C@@H]2CC[C@H](C(=O)Oc2cccc3ccccc23)[C@]12COC(=O)C2. The molecule has 3 fully saturated rings. The summed E-state index contributed by atoms with van der Waals surface area (Å²) in [5.74, 6) is -0.00667. The van der Waals surface area contributed by atoms with Crippen LogP contribution in [0.2, 0.25) is 0 Å².